The van der Waals surface area contributed by atoms with Crippen LogP contribution in [0.3, 0.4) is 0 Å². The van der Waals surface area contributed by atoms with E-state index < -0.39 is 0 Å². The van der Waals surface area contributed by atoms with Crippen LogP contribution in [0.5, 0.6) is 0 Å². The highest BCUT2D eigenvalue weighted by atomic mass is 32.2. The topological polar surface area (TPSA) is 29.1 Å². The maximum Gasteiger partial charge on any atom is 0.162 e. The van der Waals surface area contributed by atoms with Crippen molar-refractivity contribution in [2.24, 2.45) is 0 Å². The Morgan fingerprint density at radius 3 is 2.70 bits per heavy atom. The lowest BCUT2D eigenvalue weighted by Crippen LogP contribution is -2.32. The van der Waals surface area contributed by atoms with E-state index in [9.17, 15) is 4.79 Å². The van der Waals surface area contributed by atoms with E-state index in [-0.39, 0.29) is 5.78 Å². The quantitative estimate of drug-likeness (QED) is 0.581. The Bertz CT molecular complexity index is 387. The molecule has 110 valence electrons. The zero-order valence-electron chi connectivity index (χ0n) is 12.1. The summed E-state index contributed by atoms with van der Waals surface area (Å²) in [6, 6.07) is 9.65. The lowest BCUT2D eigenvalue weighted by atomic mass is 10.0. The van der Waals surface area contributed by atoms with Gasteiger partial charge in [-0.1, -0.05) is 49.6 Å². The Labute approximate surface area is 126 Å². The van der Waals surface area contributed by atoms with Crippen molar-refractivity contribution < 1.29 is 4.79 Å². The van der Waals surface area contributed by atoms with E-state index >= 15 is 0 Å². The van der Waals surface area contributed by atoms with Crippen LogP contribution >= 0.6 is 11.8 Å². The van der Waals surface area contributed by atoms with Crippen molar-refractivity contribution in [1.82, 2.24) is 5.32 Å². The van der Waals surface area contributed by atoms with Crippen molar-refractivity contribution in [3.8, 4) is 0 Å². The Morgan fingerprint density at radius 1 is 1.15 bits per heavy atom. The number of hydrogen-bond acceptors (Lipinski definition) is 3. The second-order valence-corrected chi connectivity index (χ2v) is 6.85. The molecule has 1 aliphatic heterocycles. The summed E-state index contributed by atoms with van der Waals surface area (Å²) in [6.07, 6.45) is 6.80. The van der Waals surface area contributed by atoms with Gasteiger partial charge < -0.3 is 5.32 Å². The number of benzene rings is 1. The number of carbonyl (C=O) groups excluding carboxylic acids is 1. The van der Waals surface area contributed by atoms with Crippen molar-refractivity contribution >= 4 is 17.5 Å². The number of Topliss-reactive ketones (excluding diaryl/α,β-unsaturated/α-hetero) is 1. The first-order valence-corrected chi connectivity index (χ1v) is 8.82. The highest BCUT2D eigenvalue weighted by Crippen LogP contribution is 2.20. The van der Waals surface area contributed by atoms with Crippen molar-refractivity contribution in [2.45, 2.75) is 43.8 Å². The van der Waals surface area contributed by atoms with Crippen molar-refractivity contribution in [3.05, 3.63) is 35.9 Å². The third-order valence-corrected chi connectivity index (χ3v) is 5.09. The molecule has 20 heavy (non-hydrogen) atoms. The summed E-state index contributed by atoms with van der Waals surface area (Å²) < 4.78 is 0. The molecule has 0 amide bonds. The van der Waals surface area contributed by atoms with Gasteiger partial charge in [0.25, 0.3) is 0 Å². The fourth-order valence-electron chi connectivity index (χ4n) is 2.58. The Kier molecular flexibility index (Phi) is 7.16. The molecule has 1 unspecified atom stereocenters. The van der Waals surface area contributed by atoms with E-state index in [0.717, 1.165) is 17.2 Å². The van der Waals surface area contributed by atoms with Gasteiger partial charge in [-0.3, -0.25) is 4.79 Å². The van der Waals surface area contributed by atoms with Gasteiger partial charge in [0.15, 0.2) is 5.78 Å². The number of thioether (sulfide) groups is 1. The summed E-state index contributed by atoms with van der Waals surface area (Å²) in [5.74, 6) is 1.55. The number of ketones is 1. The zero-order chi connectivity index (χ0) is 14.0. The molecule has 1 atom stereocenters. The van der Waals surface area contributed by atoms with Crippen molar-refractivity contribution in [2.75, 3.05) is 18.8 Å². The van der Waals surface area contributed by atoms with Crippen LogP contribution in [0.15, 0.2) is 30.3 Å². The Morgan fingerprint density at radius 2 is 1.95 bits per heavy atom. The van der Waals surface area contributed by atoms with E-state index in [1.54, 1.807) is 0 Å². The summed E-state index contributed by atoms with van der Waals surface area (Å²) in [7, 11) is 0. The molecule has 1 aromatic carbocycles. The molecule has 0 bridgehead atoms. The lowest BCUT2D eigenvalue weighted by Gasteiger charge is -2.22. The normalized spacial score (nSPS) is 18.9. The smallest absolute Gasteiger partial charge is 0.162 e. The summed E-state index contributed by atoms with van der Waals surface area (Å²) in [5, 5.41) is 4.27. The molecular formula is C17H25NOS. The standard InChI is InChI=1S/C17H25NOS/c19-17(15-8-4-3-5-9-15)11-7-2-1-6-10-16-14-18-12-13-20-16/h3-5,8-9,16,18H,1-2,6-7,10-14H2. The van der Waals surface area contributed by atoms with Gasteiger partial charge in [-0.25, -0.2) is 0 Å². The Hall–Kier alpha value is -0.800. The average Bonchev–Trinajstić information content (AvgIpc) is 2.52. The highest BCUT2D eigenvalue weighted by Gasteiger charge is 2.12. The van der Waals surface area contributed by atoms with Crippen LogP contribution in [-0.2, 0) is 0 Å². The molecule has 0 saturated carbocycles. The molecule has 1 aliphatic rings. The SMILES string of the molecule is O=C(CCCCCCC1CNCCS1)c1ccccc1. The minimum absolute atomic E-state index is 0.289. The fourth-order valence-corrected chi connectivity index (χ4v) is 3.75. The monoisotopic (exact) mass is 291 g/mol. The van der Waals surface area contributed by atoms with Crippen LogP contribution in [0.25, 0.3) is 0 Å². The van der Waals surface area contributed by atoms with Gasteiger partial charge in [-0.05, 0) is 12.8 Å². The number of hydrogen-bond donors (Lipinski definition) is 1. The van der Waals surface area contributed by atoms with E-state index in [1.807, 2.05) is 30.3 Å². The van der Waals surface area contributed by atoms with E-state index in [2.05, 4.69) is 17.1 Å². The van der Waals surface area contributed by atoms with Gasteiger partial charge >= 0.3 is 0 Å². The third kappa shape index (κ3) is 5.68. The first kappa shape index (κ1) is 15.6. The zero-order valence-corrected chi connectivity index (χ0v) is 13.0. The second kappa shape index (κ2) is 9.19. The third-order valence-electron chi connectivity index (χ3n) is 3.78. The molecule has 0 aromatic heterocycles. The summed E-state index contributed by atoms with van der Waals surface area (Å²) in [4.78, 5) is 11.9. The van der Waals surface area contributed by atoms with Gasteiger partial charge in [0.05, 0.1) is 0 Å². The summed E-state index contributed by atoms with van der Waals surface area (Å²) in [6.45, 7) is 2.35. The molecule has 2 rings (SSSR count). The van der Waals surface area contributed by atoms with Crippen molar-refractivity contribution in [3.63, 3.8) is 0 Å². The molecule has 3 heteroatoms. The summed E-state index contributed by atoms with van der Waals surface area (Å²) >= 11 is 2.11. The lowest BCUT2D eigenvalue weighted by molar-refractivity contribution is 0.0979. The predicted molar refractivity (Wildman–Crippen MR) is 87.6 cm³/mol. The molecule has 1 aromatic rings. The van der Waals surface area contributed by atoms with Crippen LogP contribution in [0.1, 0.15) is 48.9 Å². The number of carbonyl (C=O) groups is 1. The van der Waals surface area contributed by atoms with Crippen LogP contribution in [0, 0.1) is 0 Å². The molecular weight excluding hydrogens is 266 g/mol. The van der Waals surface area contributed by atoms with Gasteiger partial charge in [-0.15, -0.1) is 0 Å². The second-order valence-electron chi connectivity index (χ2n) is 5.44. The molecule has 1 saturated heterocycles. The van der Waals surface area contributed by atoms with Crippen LogP contribution in [-0.4, -0.2) is 29.9 Å². The highest BCUT2D eigenvalue weighted by molar-refractivity contribution is 8.00. The van der Waals surface area contributed by atoms with Gasteiger partial charge in [-0.2, -0.15) is 11.8 Å². The van der Waals surface area contributed by atoms with Crippen LogP contribution in [0.2, 0.25) is 0 Å². The fraction of sp³-hybridized carbons (Fsp3) is 0.588. The minimum atomic E-state index is 0.289. The largest absolute Gasteiger partial charge is 0.315 e. The first-order valence-electron chi connectivity index (χ1n) is 7.77. The summed E-state index contributed by atoms with van der Waals surface area (Å²) in [5.41, 5.74) is 0.859. The molecule has 0 spiro atoms. The molecule has 2 nitrogen and oxygen atoms in total. The average molecular weight is 291 g/mol. The van der Waals surface area contributed by atoms with Crippen LogP contribution in [0.4, 0.5) is 0 Å². The maximum atomic E-state index is 11.9. The van der Waals surface area contributed by atoms with E-state index in [1.165, 1.54) is 44.5 Å². The van der Waals surface area contributed by atoms with E-state index in [0.29, 0.717) is 6.42 Å². The minimum Gasteiger partial charge on any atom is -0.315 e. The van der Waals surface area contributed by atoms with Crippen LogP contribution < -0.4 is 5.32 Å². The molecule has 1 fully saturated rings. The molecule has 0 radical (unpaired) electrons. The van der Waals surface area contributed by atoms with Gasteiger partial charge in [0.2, 0.25) is 0 Å². The first-order chi connectivity index (χ1) is 9.86. The maximum absolute atomic E-state index is 11.9. The molecule has 1 heterocycles. The van der Waals surface area contributed by atoms with Gasteiger partial charge in [0.1, 0.15) is 0 Å². The van der Waals surface area contributed by atoms with E-state index in [4.69, 9.17) is 0 Å². The predicted octanol–water partition coefficient (Wildman–Crippen LogP) is 3.91. The van der Waals surface area contributed by atoms with Crippen molar-refractivity contribution in [1.29, 1.82) is 0 Å². The number of nitrogens with one attached hydrogen (secondary N) is 1. The Balaban J connectivity index is 1.50. The molecule has 1 N–H and O–H groups in total. The van der Waals surface area contributed by atoms with Gasteiger partial charge in [0, 0.05) is 36.1 Å². The number of rotatable bonds is 8. The molecule has 0 aliphatic carbocycles. The number of unbranched alkanes of at least 4 members (excludes halogenated alkanes) is 3.